The average Bonchev–Trinajstić information content (AvgIpc) is 3.04. The Labute approximate surface area is 286 Å². The van der Waals surface area contributed by atoms with Gasteiger partial charge in [-0.15, -0.1) is 0 Å². The molecule has 0 amide bonds. The van der Waals surface area contributed by atoms with Crippen molar-refractivity contribution < 1.29 is 53.3 Å². The van der Waals surface area contributed by atoms with Crippen LogP contribution in [0.5, 0.6) is 0 Å². The molecule has 3 fully saturated rings. The number of carbonyl (C=O) groups excluding carboxylic acids is 2. The van der Waals surface area contributed by atoms with E-state index in [-0.39, 0.29) is 37.6 Å². The highest BCUT2D eigenvalue weighted by atomic mass is 16.7. The maximum atomic E-state index is 13.1. The van der Waals surface area contributed by atoms with Crippen molar-refractivity contribution in [1.82, 2.24) is 0 Å². The lowest BCUT2D eigenvalue weighted by Crippen LogP contribution is -2.62. The molecule has 4 heterocycles. The third-order valence-corrected chi connectivity index (χ3v) is 10.2. The van der Waals surface area contributed by atoms with Crippen molar-refractivity contribution in [1.29, 1.82) is 0 Å². The van der Waals surface area contributed by atoms with Crippen LogP contribution in [0.1, 0.15) is 124 Å². The first kappa shape index (κ1) is 38.9. The molecule has 6 bridgehead atoms. The summed E-state index contributed by atoms with van der Waals surface area (Å²) in [4.78, 5) is 26.0. The van der Waals surface area contributed by atoms with E-state index in [1.165, 1.54) is 0 Å². The number of hydrogen-bond donors (Lipinski definition) is 3. The summed E-state index contributed by atoms with van der Waals surface area (Å²) in [6.45, 7) is 7.61. The second-order valence-electron chi connectivity index (χ2n) is 14.6. The SMILES string of the molecule is C/C=C1\C[C@H]2C[C@H](CO)OC(=O)C[C@H](O)C[C@@H]3CCCC(CC4CCO[C@H](/C=C/C(C)(C)[C@](O)(O2)[C@H]1OC(=O)CCCCCCC)O4)O3. The number of unbranched alkanes of at least 4 members (excludes halogenated alkanes) is 4. The van der Waals surface area contributed by atoms with E-state index in [9.17, 15) is 24.9 Å². The lowest BCUT2D eigenvalue weighted by Gasteiger charge is -2.51. The summed E-state index contributed by atoms with van der Waals surface area (Å²) in [6, 6.07) is 0. The van der Waals surface area contributed by atoms with Gasteiger partial charge < -0.3 is 43.7 Å². The number of ether oxygens (including phenoxy) is 6. The first-order chi connectivity index (χ1) is 23.0. The van der Waals surface area contributed by atoms with Crippen LogP contribution in [-0.4, -0.2) is 95.3 Å². The fourth-order valence-electron chi connectivity index (χ4n) is 7.30. The summed E-state index contributed by atoms with van der Waals surface area (Å²) < 4.78 is 36.7. The van der Waals surface area contributed by atoms with Crippen LogP contribution in [0.3, 0.4) is 0 Å². The van der Waals surface area contributed by atoms with Crippen LogP contribution in [0.4, 0.5) is 0 Å². The zero-order valence-corrected chi connectivity index (χ0v) is 29.5. The fourth-order valence-corrected chi connectivity index (χ4v) is 7.30. The van der Waals surface area contributed by atoms with Crippen LogP contribution in [0.25, 0.3) is 0 Å². The number of esters is 2. The standard InChI is InChI=1S/C37H60O11/c1-5-7-8-9-10-14-32(40)47-35-25(6-2)19-30-23-31(24-38)45-33(41)21-26(39)20-27-12-11-13-28(44-27)22-29-16-18-43-34(46-29)15-17-36(3,4)37(35,42)48-30/h6,15,17,26-31,34-35,38-39,42H,5,7-14,16,18-24H2,1-4H3/b17-15+,25-6+/t26-,27+,28?,29?,30+,31-,34+,35+,37-/m1/s1. The van der Waals surface area contributed by atoms with E-state index in [1.54, 1.807) is 26.0 Å². The van der Waals surface area contributed by atoms with Gasteiger partial charge in [0.15, 0.2) is 12.4 Å². The Hall–Kier alpha value is -1.86. The largest absolute Gasteiger partial charge is 0.460 e. The van der Waals surface area contributed by atoms with Crippen molar-refractivity contribution in [2.45, 2.75) is 179 Å². The zero-order chi connectivity index (χ0) is 34.7. The van der Waals surface area contributed by atoms with Crippen molar-refractivity contribution in [3.63, 3.8) is 0 Å². The van der Waals surface area contributed by atoms with E-state index in [4.69, 9.17) is 28.4 Å². The molecule has 4 rings (SSSR count). The monoisotopic (exact) mass is 680 g/mol. The summed E-state index contributed by atoms with van der Waals surface area (Å²) in [5.74, 6) is -3.06. The number of cyclic esters (lactones) is 1. The molecule has 9 atom stereocenters. The van der Waals surface area contributed by atoms with Gasteiger partial charge in [0.2, 0.25) is 5.79 Å². The van der Waals surface area contributed by atoms with Crippen molar-refractivity contribution >= 4 is 11.9 Å². The van der Waals surface area contributed by atoms with E-state index < -0.39 is 60.5 Å². The molecular formula is C37H60O11. The molecule has 3 saturated heterocycles. The molecule has 4 aliphatic heterocycles. The van der Waals surface area contributed by atoms with Gasteiger partial charge >= 0.3 is 11.9 Å². The van der Waals surface area contributed by atoms with Gasteiger partial charge in [-0.3, -0.25) is 9.59 Å². The van der Waals surface area contributed by atoms with Gasteiger partial charge in [0.05, 0.1) is 50.2 Å². The Morgan fingerprint density at radius 1 is 1.00 bits per heavy atom. The summed E-state index contributed by atoms with van der Waals surface area (Å²) >= 11 is 0. The van der Waals surface area contributed by atoms with Crippen molar-refractivity contribution in [3.8, 4) is 0 Å². The summed E-state index contributed by atoms with van der Waals surface area (Å²) in [6.07, 6.45) is 10.4. The number of carbonyl (C=O) groups is 2. The smallest absolute Gasteiger partial charge is 0.308 e. The van der Waals surface area contributed by atoms with E-state index in [2.05, 4.69) is 6.92 Å². The molecular weight excluding hydrogens is 620 g/mol. The van der Waals surface area contributed by atoms with Gasteiger partial charge in [0.25, 0.3) is 0 Å². The van der Waals surface area contributed by atoms with Crippen LogP contribution in [-0.2, 0) is 38.0 Å². The molecule has 4 aliphatic rings. The Balaban J connectivity index is 1.61. The zero-order valence-electron chi connectivity index (χ0n) is 29.5. The first-order valence-electron chi connectivity index (χ1n) is 18.3. The second-order valence-corrected chi connectivity index (χ2v) is 14.6. The van der Waals surface area contributed by atoms with Crippen LogP contribution in [0, 0.1) is 5.41 Å². The van der Waals surface area contributed by atoms with Gasteiger partial charge in [-0.25, -0.2) is 0 Å². The number of aliphatic hydroxyl groups is 3. The minimum Gasteiger partial charge on any atom is -0.460 e. The van der Waals surface area contributed by atoms with Gasteiger partial charge in [-0.2, -0.15) is 0 Å². The highest BCUT2D eigenvalue weighted by Gasteiger charge is 2.57. The Morgan fingerprint density at radius 2 is 1.73 bits per heavy atom. The molecule has 0 aromatic rings. The Bertz CT molecular complexity index is 1090. The summed E-state index contributed by atoms with van der Waals surface area (Å²) in [7, 11) is 0. The molecule has 11 nitrogen and oxygen atoms in total. The molecule has 0 aromatic heterocycles. The maximum Gasteiger partial charge on any atom is 0.308 e. The molecule has 0 aliphatic carbocycles. The molecule has 0 spiro atoms. The summed E-state index contributed by atoms with van der Waals surface area (Å²) in [5.41, 5.74) is -0.450. The summed E-state index contributed by atoms with van der Waals surface area (Å²) in [5, 5.41) is 33.4. The third kappa shape index (κ3) is 10.8. The Kier molecular flexibility index (Phi) is 14.9. The lowest BCUT2D eigenvalue weighted by molar-refractivity contribution is -0.327. The Morgan fingerprint density at radius 3 is 2.46 bits per heavy atom. The molecule has 3 N–H and O–H groups in total. The molecule has 2 unspecified atom stereocenters. The second kappa shape index (κ2) is 18.4. The third-order valence-electron chi connectivity index (χ3n) is 10.2. The highest BCUT2D eigenvalue weighted by molar-refractivity contribution is 5.70. The number of fused-ring (bicyclic) bond motifs is 6. The predicted molar refractivity (Wildman–Crippen MR) is 178 cm³/mol. The van der Waals surface area contributed by atoms with Crippen molar-refractivity contribution in [2.75, 3.05) is 13.2 Å². The van der Waals surface area contributed by atoms with Crippen LogP contribution in [0.15, 0.2) is 23.8 Å². The van der Waals surface area contributed by atoms with Crippen molar-refractivity contribution in [3.05, 3.63) is 23.8 Å². The van der Waals surface area contributed by atoms with Crippen molar-refractivity contribution in [2.24, 2.45) is 5.41 Å². The molecule has 11 heteroatoms. The van der Waals surface area contributed by atoms with Crippen LogP contribution >= 0.6 is 0 Å². The van der Waals surface area contributed by atoms with Crippen LogP contribution < -0.4 is 0 Å². The van der Waals surface area contributed by atoms with Crippen LogP contribution in [0.2, 0.25) is 0 Å². The molecule has 0 aromatic carbocycles. The minimum atomic E-state index is -2.02. The molecule has 274 valence electrons. The number of aliphatic hydroxyl groups excluding tert-OH is 2. The van der Waals surface area contributed by atoms with E-state index in [1.807, 2.05) is 13.0 Å². The van der Waals surface area contributed by atoms with Gasteiger partial charge in [0, 0.05) is 24.7 Å². The molecule has 0 saturated carbocycles. The maximum absolute atomic E-state index is 13.1. The van der Waals surface area contributed by atoms with Gasteiger partial charge in [-0.1, -0.05) is 58.6 Å². The minimum absolute atomic E-state index is 0.0361. The predicted octanol–water partition coefficient (Wildman–Crippen LogP) is 5.17. The normalized spacial score (nSPS) is 38.1. The van der Waals surface area contributed by atoms with E-state index >= 15 is 0 Å². The van der Waals surface area contributed by atoms with E-state index in [0.29, 0.717) is 44.3 Å². The topological polar surface area (TPSA) is 150 Å². The highest BCUT2D eigenvalue weighted by Crippen LogP contribution is 2.47. The fraction of sp³-hybridized carbons (Fsp3) is 0.838. The van der Waals surface area contributed by atoms with E-state index in [0.717, 1.165) is 44.9 Å². The number of allylic oxidation sites excluding steroid dienone is 1. The first-order valence-corrected chi connectivity index (χ1v) is 18.3. The quantitative estimate of drug-likeness (QED) is 0.177. The lowest BCUT2D eigenvalue weighted by atomic mass is 9.74. The average molecular weight is 681 g/mol. The number of hydrogen-bond acceptors (Lipinski definition) is 11. The number of rotatable bonds is 8. The molecule has 48 heavy (non-hydrogen) atoms. The van der Waals surface area contributed by atoms with Gasteiger partial charge in [0.1, 0.15) is 6.10 Å². The molecule has 0 radical (unpaired) electrons. The van der Waals surface area contributed by atoms with Gasteiger partial charge in [-0.05, 0) is 63.5 Å².